The molecule has 21 heavy (non-hydrogen) atoms. The molecule has 0 aliphatic heterocycles. The Morgan fingerprint density at radius 3 is 2.52 bits per heavy atom. The molecule has 7 heteroatoms. The number of pyridine rings is 1. The summed E-state index contributed by atoms with van der Waals surface area (Å²) in [6.07, 6.45) is 1.48. The van der Waals surface area contributed by atoms with E-state index in [-0.39, 0.29) is 10.7 Å². The van der Waals surface area contributed by atoms with Gasteiger partial charge in [0.2, 0.25) is 0 Å². The summed E-state index contributed by atoms with van der Waals surface area (Å²) in [6, 6.07) is 9.45. The van der Waals surface area contributed by atoms with Crippen LogP contribution in [0.3, 0.4) is 0 Å². The monoisotopic (exact) mass is 308 g/mol. The average Bonchev–Trinajstić information content (AvgIpc) is 2.48. The van der Waals surface area contributed by atoms with Gasteiger partial charge in [0.05, 0.1) is 18.6 Å². The first-order valence-electron chi connectivity index (χ1n) is 6.31. The number of sulfonamides is 1. The number of aromatic nitrogens is 1. The number of nitrogens with zero attached hydrogens (tertiary/aromatic N) is 1. The number of anilines is 1. The summed E-state index contributed by atoms with van der Waals surface area (Å²) in [7, 11) is -2.28. The van der Waals surface area contributed by atoms with Gasteiger partial charge in [-0.05, 0) is 43.3 Å². The van der Waals surface area contributed by atoms with Crippen molar-refractivity contribution in [3.05, 3.63) is 42.6 Å². The molecule has 0 aliphatic carbocycles. The number of ether oxygens (including phenoxy) is 2. The van der Waals surface area contributed by atoms with Gasteiger partial charge >= 0.3 is 0 Å². The zero-order valence-corrected chi connectivity index (χ0v) is 12.6. The third kappa shape index (κ3) is 3.63. The normalized spacial score (nSPS) is 11.0. The van der Waals surface area contributed by atoms with E-state index in [9.17, 15) is 8.42 Å². The molecular weight excluding hydrogens is 292 g/mol. The number of hydrogen-bond acceptors (Lipinski definition) is 5. The van der Waals surface area contributed by atoms with Crippen molar-refractivity contribution >= 4 is 15.8 Å². The van der Waals surface area contributed by atoms with Gasteiger partial charge in [-0.3, -0.25) is 4.72 Å². The zero-order valence-electron chi connectivity index (χ0n) is 11.7. The second kappa shape index (κ2) is 6.45. The lowest BCUT2D eigenvalue weighted by Crippen LogP contribution is -2.14. The Balaban J connectivity index is 2.25. The third-order valence-electron chi connectivity index (χ3n) is 2.67. The molecule has 0 fully saturated rings. The van der Waals surface area contributed by atoms with Gasteiger partial charge in [-0.1, -0.05) is 0 Å². The Hall–Kier alpha value is -2.28. The molecule has 0 amide bonds. The third-order valence-corrected chi connectivity index (χ3v) is 4.02. The first kappa shape index (κ1) is 15.1. The number of hydrogen-bond donors (Lipinski definition) is 1. The van der Waals surface area contributed by atoms with Crippen LogP contribution in [-0.2, 0) is 10.0 Å². The molecule has 0 bridgehead atoms. The molecule has 0 saturated carbocycles. The van der Waals surface area contributed by atoms with Crippen LogP contribution >= 0.6 is 0 Å². The largest absolute Gasteiger partial charge is 0.494 e. The minimum Gasteiger partial charge on any atom is -0.494 e. The van der Waals surface area contributed by atoms with Crippen LogP contribution in [0.5, 0.6) is 11.5 Å². The van der Waals surface area contributed by atoms with Crippen LogP contribution < -0.4 is 14.2 Å². The molecule has 2 aromatic rings. The van der Waals surface area contributed by atoms with Crippen LogP contribution in [-0.4, -0.2) is 27.1 Å². The number of methoxy groups -OCH3 is 1. The van der Waals surface area contributed by atoms with Gasteiger partial charge in [-0.15, -0.1) is 0 Å². The molecule has 0 unspecified atom stereocenters. The van der Waals surface area contributed by atoms with Crippen molar-refractivity contribution in [1.29, 1.82) is 0 Å². The van der Waals surface area contributed by atoms with Crippen molar-refractivity contribution < 1.29 is 17.9 Å². The van der Waals surface area contributed by atoms with Crippen LogP contribution in [0.4, 0.5) is 5.82 Å². The number of benzene rings is 1. The lowest BCUT2D eigenvalue weighted by Gasteiger charge is -2.11. The fraction of sp³-hybridized carbons (Fsp3) is 0.214. The highest BCUT2D eigenvalue weighted by Gasteiger charge is 2.17. The SMILES string of the molecule is CCOc1ccc(S(=O)(=O)Nc2ncccc2OC)cc1. The maximum Gasteiger partial charge on any atom is 0.263 e. The van der Waals surface area contributed by atoms with E-state index in [4.69, 9.17) is 9.47 Å². The van der Waals surface area contributed by atoms with E-state index >= 15 is 0 Å². The summed E-state index contributed by atoms with van der Waals surface area (Å²) in [6.45, 7) is 2.38. The van der Waals surface area contributed by atoms with Crippen LogP contribution in [0.15, 0.2) is 47.5 Å². The second-order valence-corrected chi connectivity index (χ2v) is 5.75. The molecule has 6 nitrogen and oxygen atoms in total. The Morgan fingerprint density at radius 1 is 1.19 bits per heavy atom. The Labute approximate surface area is 123 Å². The van der Waals surface area contributed by atoms with Crippen molar-refractivity contribution in [2.45, 2.75) is 11.8 Å². The van der Waals surface area contributed by atoms with Gasteiger partial charge in [0.1, 0.15) is 5.75 Å². The fourth-order valence-electron chi connectivity index (χ4n) is 1.70. The zero-order chi connectivity index (χ0) is 15.3. The predicted octanol–water partition coefficient (Wildman–Crippen LogP) is 2.29. The Bertz CT molecular complexity index is 699. The van der Waals surface area contributed by atoms with Crippen molar-refractivity contribution in [2.75, 3.05) is 18.4 Å². The number of rotatable bonds is 6. The predicted molar refractivity (Wildman–Crippen MR) is 79.2 cm³/mol. The topological polar surface area (TPSA) is 77.5 Å². The van der Waals surface area contributed by atoms with E-state index < -0.39 is 10.0 Å². The van der Waals surface area contributed by atoms with Gasteiger partial charge in [-0.2, -0.15) is 0 Å². The minimum absolute atomic E-state index is 0.124. The van der Waals surface area contributed by atoms with Crippen LogP contribution in [0, 0.1) is 0 Å². The maximum atomic E-state index is 12.3. The molecule has 0 spiro atoms. The summed E-state index contributed by atoms with van der Waals surface area (Å²) >= 11 is 0. The molecule has 0 atom stereocenters. The summed E-state index contributed by atoms with van der Waals surface area (Å²) < 4.78 is 37.3. The highest BCUT2D eigenvalue weighted by molar-refractivity contribution is 7.92. The van der Waals surface area contributed by atoms with E-state index in [2.05, 4.69) is 9.71 Å². The fourth-order valence-corrected chi connectivity index (χ4v) is 2.72. The molecule has 0 aliphatic rings. The summed E-state index contributed by atoms with van der Waals surface area (Å²) in [5, 5.41) is 0. The average molecular weight is 308 g/mol. The van der Waals surface area contributed by atoms with Gasteiger partial charge in [0, 0.05) is 6.20 Å². The second-order valence-electron chi connectivity index (χ2n) is 4.06. The molecule has 0 radical (unpaired) electrons. The van der Waals surface area contributed by atoms with Gasteiger partial charge in [0.15, 0.2) is 11.6 Å². The standard InChI is InChI=1S/C14H16N2O4S/c1-3-20-11-6-8-12(9-7-11)21(17,18)16-14-13(19-2)5-4-10-15-14/h4-10H,3H2,1-2H3,(H,15,16). The van der Waals surface area contributed by atoms with Crippen LogP contribution in [0.25, 0.3) is 0 Å². The summed E-state index contributed by atoms with van der Waals surface area (Å²) in [5.74, 6) is 1.12. The highest BCUT2D eigenvalue weighted by atomic mass is 32.2. The van der Waals surface area contributed by atoms with Gasteiger partial charge in [0.25, 0.3) is 10.0 Å². The molecule has 1 aromatic carbocycles. The van der Waals surface area contributed by atoms with Gasteiger partial charge in [-0.25, -0.2) is 13.4 Å². The van der Waals surface area contributed by atoms with E-state index in [1.54, 1.807) is 24.3 Å². The molecule has 2 rings (SSSR count). The molecule has 1 heterocycles. The molecule has 1 N–H and O–H groups in total. The quantitative estimate of drug-likeness (QED) is 0.886. The minimum atomic E-state index is -3.73. The van der Waals surface area contributed by atoms with Crippen LogP contribution in [0.2, 0.25) is 0 Å². The van der Waals surface area contributed by atoms with Crippen molar-refractivity contribution in [2.24, 2.45) is 0 Å². The molecule has 1 aromatic heterocycles. The van der Waals surface area contributed by atoms with Crippen molar-refractivity contribution in [3.8, 4) is 11.5 Å². The Morgan fingerprint density at radius 2 is 1.90 bits per heavy atom. The molecular formula is C14H16N2O4S. The molecule has 0 saturated heterocycles. The molecule has 112 valence electrons. The van der Waals surface area contributed by atoms with Crippen molar-refractivity contribution in [1.82, 2.24) is 4.98 Å². The smallest absolute Gasteiger partial charge is 0.263 e. The summed E-state index contributed by atoms with van der Waals surface area (Å²) in [4.78, 5) is 4.09. The maximum absolute atomic E-state index is 12.3. The van der Waals surface area contributed by atoms with Crippen LogP contribution in [0.1, 0.15) is 6.92 Å². The van der Waals surface area contributed by atoms with E-state index in [0.717, 1.165) is 0 Å². The summed E-state index contributed by atoms with van der Waals surface area (Å²) in [5.41, 5.74) is 0. The van der Waals surface area contributed by atoms with Crippen molar-refractivity contribution in [3.63, 3.8) is 0 Å². The van der Waals surface area contributed by atoms with Gasteiger partial charge < -0.3 is 9.47 Å². The van der Waals surface area contributed by atoms with E-state index in [1.165, 1.54) is 25.4 Å². The lowest BCUT2D eigenvalue weighted by molar-refractivity contribution is 0.340. The Kier molecular flexibility index (Phi) is 4.64. The van der Waals surface area contributed by atoms with E-state index in [1.807, 2.05) is 6.92 Å². The first-order chi connectivity index (χ1) is 10.1. The first-order valence-corrected chi connectivity index (χ1v) is 7.80. The lowest BCUT2D eigenvalue weighted by atomic mass is 10.3. The highest BCUT2D eigenvalue weighted by Crippen LogP contribution is 2.24. The van der Waals surface area contributed by atoms with E-state index in [0.29, 0.717) is 18.1 Å². The number of nitrogens with one attached hydrogen (secondary N) is 1.